The van der Waals surface area contributed by atoms with Gasteiger partial charge in [-0.1, -0.05) is 19.3 Å². The standard InChI is InChI=1S/C13H24N2O4/c1-9(16)11(12(18)19)15-10(17)8-13(14-2)6-4-3-5-7-13/h9,11,14,16H,3-8H2,1-2H3,(H,15,17)(H,18,19)/t9-,11+/m1/s1. The minimum absolute atomic E-state index is 0.232. The second kappa shape index (κ2) is 6.86. The Balaban J connectivity index is 2.59. The molecular weight excluding hydrogens is 248 g/mol. The van der Waals surface area contributed by atoms with E-state index in [1.54, 1.807) is 0 Å². The number of aliphatic carboxylic acids is 1. The zero-order valence-electron chi connectivity index (χ0n) is 11.6. The molecule has 0 aromatic heterocycles. The van der Waals surface area contributed by atoms with E-state index in [1.807, 2.05) is 7.05 Å². The molecule has 0 spiro atoms. The minimum Gasteiger partial charge on any atom is -0.480 e. The van der Waals surface area contributed by atoms with E-state index in [1.165, 1.54) is 13.3 Å². The topological polar surface area (TPSA) is 98.7 Å². The third-order valence-corrected chi connectivity index (χ3v) is 3.90. The van der Waals surface area contributed by atoms with Crippen molar-refractivity contribution in [1.29, 1.82) is 0 Å². The van der Waals surface area contributed by atoms with Crippen LogP contribution in [0.5, 0.6) is 0 Å². The number of rotatable bonds is 6. The summed E-state index contributed by atoms with van der Waals surface area (Å²) in [4.78, 5) is 22.9. The molecule has 0 aromatic rings. The average molecular weight is 272 g/mol. The van der Waals surface area contributed by atoms with Crippen LogP contribution in [-0.2, 0) is 9.59 Å². The van der Waals surface area contributed by atoms with E-state index in [9.17, 15) is 14.7 Å². The summed E-state index contributed by atoms with van der Waals surface area (Å²) in [5, 5.41) is 23.9. The molecule has 0 saturated heterocycles. The Hall–Kier alpha value is -1.14. The second-order valence-corrected chi connectivity index (χ2v) is 5.39. The van der Waals surface area contributed by atoms with E-state index in [2.05, 4.69) is 10.6 Å². The van der Waals surface area contributed by atoms with Gasteiger partial charge in [-0.05, 0) is 26.8 Å². The molecular formula is C13H24N2O4. The monoisotopic (exact) mass is 272 g/mol. The summed E-state index contributed by atoms with van der Waals surface area (Å²) in [7, 11) is 1.84. The molecule has 19 heavy (non-hydrogen) atoms. The van der Waals surface area contributed by atoms with Crippen molar-refractivity contribution < 1.29 is 19.8 Å². The molecule has 0 radical (unpaired) electrons. The number of carboxylic acid groups (broad SMARTS) is 1. The Morgan fingerprint density at radius 1 is 1.26 bits per heavy atom. The predicted octanol–water partition coefficient (Wildman–Crippen LogP) is 0.249. The van der Waals surface area contributed by atoms with Crippen molar-refractivity contribution in [3.8, 4) is 0 Å². The number of aliphatic hydroxyl groups is 1. The predicted molar refractivity (Wildman–Crippen MR) is 70.7 cm³/mol. The lowest BCUT2D eigenvalue weighted by molar-refractivity contribution is -0.145. The molecule has 0 bridgehead atoms. The summed E-state index contributed by atoms with van der Waals surface area (Å²) in [6.45, 7) is 1.35. The summed E-state index contributed by atoms with van der Waals surface area (Å²) in [6, 6.07) is -1.25. The quantitative estimate of drug-likeness (QED) is 0.555. The first-order valence-electron chi connectivity index (χ1n) is 6.79. The molecule has 1 fully saturated rings. The van der Waals surface area contributed by atoms with Gasteiger partial charge in [-0.3, -0.25) is 4.79 Å². The molecule has 6 nitrogen and oxygen atoms in total. The first kappa shape index (κ1) is 15.9. The molecule has 1 rings (SSSR count). The number of nitrogens with one attached hydrogen (secondary N) is 2. The Bertz CT molecular complexity index is 325. The van der Waals surface area contributed by atoms with Crippen molar-refractivity contribution in [3.63, 3.8) is 0 Å². The molecule has 0 heterocycles. The highest BCUT2D eigenvalue weighted by Crippen LogP contribution is 2.30. The molecule has 4 N–H and O–H groups in total. The van der Waals surface area contributed by atoms with Gasteiger partial charge in [0.25, 0.3) is 0 Å². The van der Waals surface area contributed by atoms with Crippen molar-refractivity contribution in [2.75, 3.05) is 7.05 Å². The van der Waals surface area contributed by atoms with E-state index in [4.69, 9.17) is 5.11 Å². The molecule has 1 amide bonds. The highest BCUT2D eigenvalue weighted by atomic mass is 16.4. The van der Waals surface area contributed by atoms with E-state index in [0.717, 1.165) is 25.7 Å². The van der Waals surface area contributed by atoms with E-state index >= 15 is 0 Å². The fraction of sp³-hybridized carbons (Fsp3) is 0.846. The lowest BCUT2D eigenvalue weighted by atomic mass is 9.79. The summed E-state index contributed by atoms with van der Waals surface area (Å²) >= 11 is 0. The summed E-state index contributed by atoms with van der Waals surface area (Å²) < 4.78 is 0. The molecule has 1 aliphatic rings. The molecule has 0 aromatic carbocycles. The van der Waals surface area contributed by atoms with Gasteiger partial charge in [0.1, 0.15) is 0 Å². The zero-order chi connectivity index (χ0) is 14.5. The van der Waals surface area contributed by atoms with Gasteiger partial charge in [-0.2, -0.15) is 0 Å². The van der Waals surface area contributed by atoms with Crippen LogP contribution in [0.15, 0.2) is 0 Å². The third kappa shape index (κ3) is 4.47. The minimum atomic E-state index is -1.25. The fourth-order valence-corrected chi connectivity index (χ4v) is 2.66. The first-order valence-corrected chi connectivity index (χ1v) is 6.79. The van der Waals surface area contributed by atoms with Gasteiger partial charge in [0, 0.05) is 12.0 Å². The molecule has 6 heteroatoms. The van der Waals surface area contributed by atoms with Gasteiger partial charge in [0.15, 0.2) is 6.04 Å². The highest BCUT2D eigenvalue weighted by molar-refractivity contribution is 5.84. The lowest BCUT2D eigenvalue weighted by Gasteiger charge is -2.37. The van der Waals surface area contributed by atoms with Crippen LogP contribution >= 0.6 is 0 Å². The number of carbonyl (C=O) groups excluding carboxylic acids is 1. The summed E-state index contributed by atoms with van der Waals surface area (Å²) in [5.41, 5.74) is -0.232. The first-order chi connectivity index (χ1) is 8.90. The average Bonchev–Trinajstić information content (AvgIpc) is 2.36. The van der Waals surface area contributed by atoms with Crippen LogP contribution < -0.4 is 10.6 Å². The molecule has 1 aliphatic carbocycles. The maximum absolute atomic E-state index is 12.0. The fourth-order valence-electron chi connectivity index (χ4n) is 2.66. The highest BCUT2D eigenvalue weighted by Gasteiger charge is 2.34. The van der Waals surface area contributed by atoms with E-state index < -0.39 is 18.1 Å². The van der Waals surface area contributed by atoms with Crippen molar-refractivity contribution >= 4 is 11.9 Å². The van der Waals surface area contributed by atoms with Crippen LogP contribution in [0.25, 0.3) is 0 Å². The van der Waals surface area contributed by atoms with Crippen LogP contribution in [0.3, 0.4) is 0 Å². The van der Waals surface area contributed by atoms with Crippen LogP contribution in [0.2, 0.25) is 0 Å². The normalized spacial score (nSPS) is 21.4. The van der Waals surface area contributed by atoms with Gasteiger partial charge < -0.3 is 20.8 Å². The molecule has 2 atom stereocenters. The van der Waals surface area contributed by atoms with Crippen molar-refractivity contribution in [2.45, 2.75) is 63.1 Å². The molecule has 110 valence electrons. The summed E-state index contributed by atoms with van der Waals surface area (Å²) in [5.74, 6) is -1.55. The van der Waals surface area contributed by atoms with Crippen LogP contribution in [-0.4, -0.2) is 46.8 Å². The molecule has 1 saturated carbocycles. The third-order valence-electron chi connectivity index (χ3n) is 3.90. The Labute approximate surface area is 113 Å². The maximum atomic E-state index is 12.0. The SMILES string of the molecule is CNC1(CC(=O)N[C@H](C(=O)O)[C@@H](C)O)CCCCC1. The zero-order valence-corrected chi connectivity index (χ0v) is 11.6. The number of carboxylic acids is 1. The van der Waals surface area contributed by atoms with Crippen LogP contribution in [0.1, 0.15) is 45.4 Å². The number of hydrogen-bond acceptors (Lipinski definition) is 4. The Morgan fingerprint density at radius 2 is 1.84 bits per heavy atom. The lowest BCUT2D eigenvalue weighted by Crippen LogP contribution is -2.53. The second-order valence-electron chi connectivity index (χ2n) is 5.39. The van der Waals surface area contributed by atoms with Gasteiger partial charge in [0.05, 0.1) is 6.10 Å². The number of amides is 1. The van der Waals surface area contributed by atoms with E-state index in [0.29, 0.717) is 0 Å². The largest absolute Gasteiger partial charge is 0.480 e. The van der Waals surface area contributed by atoms with E-state index in [-0.39, 0.29) is 17.9 Å². The van der Waals surface area contributed by atoms with Crippen molar-refractivity contribution in [3.05, 3.63) is 0 Å². The van der Waals surface area contributed by atoms with Gasteiger partial charge >= 0.3 is 5.97 Å². The van der Waals surface area contributed by atoms with Gasteiger partial charge in [-0.15, -0.1) is 0 Å². The number of aliphatic hydroxyl groups excluding tert-OH is 1. The Morgan fingerprint density at radius 3 is 2.26 bits per heavy atom. The Kier molecular flexibility index (Phi) is 5.75. The number of hydrogen-bond donors (Lipinski definition) is 4. The molecule has 0 unspecified atom stereocenters. The van der Waals surface area contributed by atoms with Crippen molar-refractivity contribution in [1.82, 2.24) is 10.6 Å². The van der Waals surface area contributed by atoms with Crippen LogP contribution in [0, 0.1) is 0 Å². The number of carbonyl (C=O) groups is 2. The molecule has 0 aliphatic heterocycles. The van der Waals surface area contributed by atoms with Gasteiger partial charge in [-0.25, -0.2) is 4.79 Å². The smallest absolute Gasteiger partial charge is 0.328 e. The van der Waals surface area contributed by atoms with Gasteiger partial charge in [0.2, 0.25) is 5.91 Å². The van der Waals surface area contributed by atoms with Crippen LogP contribution in [0.4, 0.5) is 0 Å². The summed E-state index contributed by atoms with van der Waals surface area (Å²) in [6.07, 6.45) is 4.31. The van der Waals surface area contributed by atoms with Crippen molar-refractivity contribution in [2.24, 2.45) is 0 Å². The maximum Gasteiger partial charge on any atom is 0.328 e.